The summed E-state index contributed by atoms with van der Waals surface area (Å²) in [4.78, 5) is 13.2. The lowest BCUT2D eigenvalue weighted by molar-refractivity contribution is -0.115. The molecule has 70 valence electrons. The largest absolute Gasteiger partial charge is 0.319 e. The Kier molecular flexibility index (Phi) is 2.93. The summed E-state index contributed by atoms with van der Waals surface area (Å²) in [6.45, 7) is 0. The summed E-state index contributed by atoms with van der Waals surface area (Å²) in [5, 5.41) is 0. The molecule has 7 heteroatoms. The third-order valence-corrected chi connectivity index (χ3v) is 2.26. The maximum atomic E-state index is 11.1. The predicted molar refractivity (Wildman–Crippen MR) is 41.7 cm³/mol. The van der Waals surface area contributed by atoms with Crippen LogP contribution in [0.5, 0.6) is 0 Å². The van der Waals surface area contributed by atoms with Gasteiger partial charge >= 0.3 is 10.1 Å². The monoisotopic (exact) mass is 202 g/mol. The summed E-state index contributed by atoms with van der Waals surface area (Å²) in [6.07, 6.45) is 2.65. The number of nitrogens with one attached hydrogen (secondary N) is 1. The molecule has 0 aliphatic carbocycles. The fourth-order valence-corrected chi connectivity index (χ4v) is 1.32. The fourth-order valence-electron chi connectivity index (χ4n) is 0.626. The number of hydrogen-bond acceptors (Lipinski definition) is 5. The van der Waals surface area contributed by atoms with E-state index in [0.717, 1.165) is 6.20 Å². The van der Waals surface area contributed by atoms with E-state index < -0.39 is 10.1 Å². The van der Waals surface area contributed by atoms with Crippen molar-refractivity contribution in [3.05, 3.63) is 24.5 Å². The minimum Gasteiger partial charge on any atom is -0.277 e. The number of aromatic nitrogens is 1. The van der Waals surface area contributed by atoms with Crippen LogP contribution in [0.15, 0.2) is 29.4 Å². The number of carbonyl (C=O) groups excluding carboxylic acids is 1. The molecule has 0 radical (unpaired) electrons. The van der Waals surface area contributed by atoms with Crippen molar-refractivity contribution in [1.29, 1.82) is 0 Å². The molecule has 1 amide bonds. The molecular formula is C6H6N2O4S. The van der Waals surface area contributed by atoms with Crippen LogP contribution in [0.4, 0.5) is 0 Å². The van der Waals surface area contributed by atoms with Crippen molar-refractivity contribution in [2.45, 2.75) is 4.90 Å². The molecule has 6 nitrogen and oxygen atoms in total. The Labute approximate surface area is 74.6 Å². The number of rotatable bonds is 4. The Balaban J connectivity index is 2.88. The van der Waals surface area contributed by atoms with Gasteiger partial charge in [-0.2, -0.15) is 8.42 Å². The third-order valence-electron chi connectivity index (χ3n) is 1.13. The summed E-state index contributed by atoms with van der Waals surface area (Å²) in [6, 6.07) is 2.74. The van der Waals surface area contributed by atoms with E-state index in [1.54, 1.807) is 5.48 Å². The highest BCUT2D eigenvalue weighted by Crippen LogP contribution is 2.07. The van der Waals surface area contributed by atoms with Crippen LogP contribution in [0.3, 0.4) is 0 Å². The van der Waals surface area contributed by atoms with Crippen LogP contribution in [0, 0.1) is 0 Å². The second kappa shape index (κ2) is 3.97. The van der Waals surface area contributed by atoms with E-state index in [1.165, 1.54) is 18.3 Å². The Morgan fingerprint density at radius 1 is 1.54 bits per heavy atom. The second-order valence-electron chi connectivity index (χ2n) is 1.96. The molecule has 0 spiro atoms. The van der Waals surface area contributed by atoms with Crippen LogP contribution in [0.1, 0.15) is 0 Å². The number of hydrogen-bond donors (Lipinski definition) is 1. The molecular weight excluding hydrogens is 196 g/mol. The summed E-state index contributed by atoms with van der Waals surface area (Å²) in [5.41, 5.74) is 1.59. The average Bonchev–Trinajstić information content (AvgIpc) is 2.16. The average molecular weight is 202 g/mol. The number of nitrogens with zero attached hydrogens (tertiary/aromatic N) is 1. The van der Waals surface area contributed by atoms with Crippen molar-refractivity contribution in [2.75, 3.05) is 0 Å². The second-order valence-corrected chi connectivity index (χ2v) is 3.51. The highest BCUT2D eigenvalue weighted by molar-refractivity contribution is 7.86. The Morgan fingerprint density at radius 3 is 2.85 bits per heavy atom. The van der Waals surface area contributed by atoms with Gasteiger partial charge < -0.3 is 0 Å². The molecule has 0 atom stereocenters. The van der Waals surface area contributed by atoms with Gasteiger partial charge in [-0.15, -0.1) is 4.28 Å². The number of hydroxylamine groups is 1. The molecule has 0 unspecified atom stereocenters. The van der Waals surface area contributed by atoms with Gasteiger partial charge in [0.1, 0.15) is 4.90 Å². The van der Waals surface area contributed by atoms with E-state index in [9.17, 15) is 13.2 Å². The third kappa shape index (κ3) is 2.49. The normalized spacial score (nSPS) is 10.8. The van der Waals surface area contributed by atoms with Crippen molar-refractivity contribution in [2.24, 2.45) is 0 Å². The zero-order chi connectivity index (χ0) is 9.73. The van der Waals surface area contributed by atoms with Crippen molar-refractivity contribution in [1.82, 2.24) is 10.5 Å². The van der Waals surface area contributed by atoms with Crippen LogP contribution in [-0.4, -0.2) is 19.8 Å². The Bertz CT molecular complexity index is 375. The molecule has 13 heavy (non-hydrogen) atoms. The first-order valence-corrected chi connectivity index (χ1v) is 4.60. The molecule has 0 saturated heterocycles. The molecule has 0 fully saturated rings. The highest BCUT2D eigenvalue weighted by atomic mass is 32.2. The fraction of sp³-hybridized carbons (Fsp3) is 0. The maximum Gasteiger partial charge on any atom is 0.319 e. The smallest absolute Gasteiger partial charge is 0.277 e. The highest BCUT2D eigenvalue weighted by Gasteiger charge is 2.14. The van der Waals surface area contributed by atoms with Gasteiger partial charge in [0.2, 0.25) is 6.41 Å². The van der Waals surface area contributed by atoms with Gasteiger partial charge in [-0.05, 0) is 12.1 Å². The summed E-state index contributed by atoms with van der Waals surface area (Å²) >= 11 is 0. The van der Waals surface area contributed by atoms with Crippen molar-refractivity contribution in [3.63, 3.8) is 0 Å². The van der Waals surface area contributed by atoms with Crippen LogP contribution in [0.25, 0.3) is 0 Å². The molecule has 0 aliphatic heterocycles. The Hall–Kier alpha value is -1.47. The van der Waals surface area contributed by atoms with E-state index in [2.05, 4.69) is 9.27 Å². The molecule has 1 heterocycles. The van der Waals surface area contributed by atoms with Crippen molar-refractivity contribution < 1.29 is 17.5 Å². The topological polar surface area (TPSA) is 85.4 Å². The van der Waals surface area contributed by atoms with E-state index in [4.69, 9.17) is 0 Å². The molecule has 1 N–H and O–H groups in total. The standard InChI is InChI=1S/C6H6N2O4S/c9-5-8-12-13(10,11)6-2-1-3-7-4-6/h1-5H,(H,8,9). The summed E-state index contributed by atoms with van der Waals surface area (Å²) in [5.74, 6) is 0. The lowest BCUT2D eigenvalue weighted by Crippen LogP contribution is -2.18. The first-order valence-electron chi connectivity index (χ1n) is 3.19. The molecule has 1 aromatic heterocycles. The van der Waals surface area contributed by atoms with E-state index in [-0.39, 0.29) is 11.3 Å². The lowest BCUT2D eigenvalue weighted by Gasteiger charge is -2.00. The minimum absolute atomic E-state index is 0.119. The number of pyridine rings is 1. The van der Waals surface area contributed by atoms with Gasteiger partial charge in [0.05, 0.1) is 0 Å². The van der Waals surface area contributed by atoms with Gasteiger partial charge in [-0.1, -0.05) is 0 Å². The van der Waals surface area contributed by atoms with E-state index in [1.807, 2.05) is 0 Å². The molecule has 0 aromatic carbocycles. The zero-order valence-electron chi connectivity index (χ0n) is 6.38. The van der Waals surface area contributed by atoms with E-state index >= 15 is 0 Å². The lowest BCUT2D eigenvalue weighted by atomic mass is 10.5. The first kappa shape index (κ1) is 9.62. The molecule has 1 rings (SSSR count). The van der Waals surface area contributed by atoms with Gasteiger partial charge in [0.15, 0.2) is 0 Å². The minimum atomic E-state index is -3.93. The first-order chi connectivity index (χ1) is 6.17. The van der Waals surface area contributed by atoms with Crippen molar-refractivity contribution >= 4 is 16.5 Å². The van der Waals surface area contributed by atoms with Crippen LogP contribution in [0.2, 0.25) is 0 Å². The molecule has 1 aromatic rings. The van der Waals surface area contributed by atoms with Gasteiger partial charge in [-0.25, -0.2) is 5.48 Å². The van der Waals surface area contributed by atoms with Crippen LogP contribution >= 0.6 is 0 Å². The van der Waals surface area contributed by atoms with Gasteiger partial charge in [-0.3, -0.25) is 9.78 Å². The molecule has 0 bridgehead atoms. The summed E-state index contributed by atoms with van der Waals surface area (Å²) in [7, 11) is -3.93. The maximum absolute atomic E-state index is 11.1. The van der Waals surface area contributed by atoms with Gasteiger partial charge in [0.25, 0.3) is 0 Å². The Morgan fingerprint density at radius 2 is 2.31 bits per heavy atom. The van der Waals surface area contributed by atoms with E-state index in [0.29, 0.717) is 0 Å². The molecule has 0 aliphatic rings. The molecule has 0 saturated carbocycles. The van der Waals surface area contributed by atoms with Crippen molar-refractivity contribution in [3.8, 4) is 0 Å². The van der Waals surface area contributed by atoms with Crippen LogP contribution in [-0.2, 0) is 19.2 Å². The summed E-state index contributed by atoms with van der Waals surface area (Å²) < 4.78 is 26.3. The zero-order valence-corrected chi connectivity index (χ0v) is 7.19. The SMILES string of the molecule is O=CNOS(=O)(=O)c1cccnc1. The quantitative estimate of drug-likeness (QED) is 0.523. The predicted octanol–water partition coefficient (Wildman–Crippen LogP) is -0.552. The number of amides is 1. The van der Waals surface area contributed by atoms with Crippen LogP contribution < -0.4 is 5.48 Å². The van der Waals surface area contributed by atoms with Gasteiger partial charge in [0, 0.05) is 12.4 Å². The number of carbonyl (C=O) groups is 1.